The molecule has 0 aliphatic heterocycles. The second kappa shape index (κ2) is 4.10. The van der Waals surface area contributed by atoms with Crippen molar-refractivity contribution in [2.24, 2.45) is 7.05 Å². The van der Waals surface area contributed by atoms with E-state index in [1.54, 1.807) is 31.3 Å². The smallest absolute Gasteiger partial charge is 0.357 e. The quantitative estimate of drug-likeness (QED) is 0.800. The molecule has 0 atom stereocenters. The maximum atomic E-state index is 11.1. The van der Waals surface area contributed by atoms with Crippen LogP contribution >= 0.6 is 11.6 Å². The van der Waals surface area contributed by atoms with Gasteiger partial charge >= 0.3 is 5.97 Å². The molecule has 0 amide bonds. The first kappa shape index (κ1) is 11.5. The van der Waals surface area contributed by atoms with Crippen molar-refractivity contribution in [3.63, 3.8) is 0 Å². The van der Waals surface area contributed by atoms with E-state index in [0.717, 1.165) is 0 Å². The average Bonchev–Trinajstić information content (AvgIpc) is 2.57. The summed E-state index contributed by atoms with van der Waals surface area (Å²) in [5.41, 5.74) is 7.19. The summed E-state index contributed by atoms with van der Waals surface area (Å²) in [4.78, 5) is 11.1. The molecule has 2 rings (SSSR count). The van der Waals surface area contributed by atoms with E-state index in [9.17, 15) is 4.79 Å². The predicted molar refractivity (Wildman–Crippen MR) is 65.0 cm³/mol. The summed E-state index contributed by atoms with van der Waals surface area (Å²) >= 11 is 6.04. The first-order valence-corrected chi connectivity index (χ1v) is 5.20. The number of nitrogens with zero attached hydrogens (tertiary/aromatic N) is 2. The molecule has 0 spiro atoms. The van der Waals surface area contributed by atoms with Gasteiger partial charge in [0.1, 0.15) is 5.15 Å². The van der Waals surface area contributed by atoms with Crippen molar-refractivity contribution in [3.8, 4) is 11.1 Å². The van der Waals surface area contributed by atoms with E-state index in [4.69, 9.17) is 22.4 Å². The number of hydrogen-bond donors (Lipinski definition) is 2. The number of aromatic nitrogens is 2. The molecule has 0 unspecified atom stereocenters. The fourth-order valence-electron chi connectivity index (χ4n) is 1.56. The van der Waals surface area contributed by atoms with Crippen molar-refractivity contribution in [2.45, 2.75) is 0 Å². The third kappa shape index (κ3) is 1.97. The first-order chi connectivity index (χ1) is 8.00. The molecule has 0 aliphatic rings. The molecular weight excluding hydrogens is 242 g/mol. The Morgan fingerprint density at radius 3 is 2.53 bits per heavy atom. The molecule has 0 saturated carbocycles. The van der Waals surface area contributed by atoms with Crippen molar-refractivity contribution in [1.82, 2.24) is 9.78 Å². The molecule has 6 heteroatoms. The Balaban J connectivity index is 2.65. The Hall–Kier alpha value is -2.01. The van der Waals surface area contributed by atoms with Gasteiger partial charge in [-0.05, 0) is 17.7 Å². The van der Waals surface area contributed by atoms with E-state index in [1.165, 1.54) is 4.68 Å². The van der Waals surface area contributed by atoms with Crippen LogP contribution in [-0.2, 0) is 7.05 Å². The Morgan fingerprint density at radius 1 is 1.41 bits per heavy atom. The summed E-state index contributed by atoms with van der Waals surface area (Å²) in [5.74, 6) is -1.11. The number of anilines is 1. The summed E-state index contributed by atoms with van der Waals surface area (Å²) < 4.78 is 1.33. The van der Waals surface area contributed by atoms with Crippen LogP contribution in [-0.4, -0.2) is 20.9 Å². The Kier molecular flexibility index (Phi) is 2.77. The Labute approximate surface area is 102 Å². The highest BCUT2D eigenvalue weighted by atomic mass is 35.5. The van der Waals surface area contributed by atoms with Gasteiger partial charge in [0, 0.05) is 12.7 Å². The van der Waals surface area contributed by atoms with Crippen LogP contribution < -0.4 is 5.73 Å². The third-order valence-electron chi connectivity index (χ3n) is 2.38. The fourth-order valence-corrected chi connectivity index (χ4v) is 1.80. The van der Waals surface area contributed by atoms with Gasteiger partial charge in [0.05, 0.1) is 5.56 Å². The molecule has 0 radical (unpaired) electrons. The van der Waals surface area contributed by atoms with Gasteiger partial charge < -0.3 is 10.8 Å². The highest BCUT2D eigenvalue weighted by molar-refractivity contribution is 6.33. The zero-order valence-electron chi connectivity index (χ0n) is 9.01. The second-order valence-corrected chi connectivity index (χ2v) is 3.92. The summed E-state index contributed by atoms with van der Waals surface area (Å²) in [6.07, 6.45) is 0. The second-order valence-electron chi connectivity index (χ2n) is 3.57. The molecule has 3 N–H and O–H groups in total. The fraction of sp³-hybridized carbons (Fsp3) is 0.0909. The maximum Gasteiger partial charge on any atom is 0.357 e. The van der Waals surface area contributed by atoms with Gasteiger partial charge in [0.25, 0.3) is 0 Å². The van der Waals surface area contributed by atoms with Crippen molar-refractivity contribution < 1.29 is 9.90 Å². The third-order valence-corrected chi connectivity index (χ3v) is 2.81. The number of benzene rings is 1. The predicted octanol–water partition coefficient (Wildman–Crippen LogP) is 2.02. The van der Waals surface area contributed by atoms with Gasteiger partial charge in [-0.25, -0.2) is 4.79 Å². The van der Waals surface area contributed by atoms with E-state index < -0.39 is 5.97 Å². The molecule has 17 heavy (non-hydrogen) atoms. The van der Waals surface area contributed by atoms with E-state index in [1.807, 2.05) is 0 Å². The summed E-state index contributed by atoms with van der Waals surface area (Å²) in [5, 5.41) is 13.2. The number of hydrogen-bond acceptors (Lipinski definition) is 3. The minimum atomic E-state index is -1.11. The van der Waals surface area contributed by atoms with Crippen LogP contribution in [0.25, 0.3) is 11.1 Å². The number of carboxylic acids is 1. The van der Waals surface area contributed by atoms with Crippen LogP contribution in [0, 0.1) is 0 Å². The van der Waals surface area contributed by atoms with Crippen molar-refractivity contribution in [3.05, 3.63) is 35.1 Å². The molecule has 88 valence electrons. The number of aryl methyl sites for hydroxylation is 1. The topological polar surface area (TPSA) is 81.1 Å². The molecular formula is C11H10ClN3O2. The zero-order chi connectivity index (χ0) is 12.6. The first-order valence-electron chi connectivity index (χ1n) is 4.82. The van der Waals surface area contributed by atoms with Crippen molar-refractivity contribution in [1.29, 1.82) is 0 Å². The van der Waals surface area contributed by atoms with Gasteiger partial charge in [0.2, 0.25) is 0 Å². The molecule has 5 nitrogen and oxygen atoms in total. The van der Waals surface area contributed by atoms with Gasteiger partial charge in [-0.1, -0.05) is 23.7 Å². The lowest BCUT2D eigenvalue weighted by Gasteiger charge is -2.01. The number of rotatable bonds is 2. The van der Waals surface area contributed by atoms with E-state index in [-0.39, 0.29) is 10.8 Å². The van der Waals surface area contributed by atoms with E-state index in [0.29, 0.717) is 16.8 Å². The minimum absolute atomic E-state index is 0.0673. The molecule has 0 fully saturated rings. The van der Waals surface area contributed by atoms with Crippen LogP contribution in [0.4, 0.5) is 5.69 Å². The number of carbonyl (C=O) groups is 1. The normalized spacial score (nSPS) is 10.5. The van der Waals surface area contributed by atoms with E-state index >= 15 is 0 Å². The van der Waals surface area contributed by atoms with Crippen molar-refractivity contribution >= 4 is 23.3 Å². The molecule has 1 aromatic heterocycles. The molecule has 0 saturated heterocycles. The van der Waals surface area contributed by atoms with Crippen molar-refractivity contribution in [2.75, 3.05) is 5.73 Å². The van der Waals surface area contributed by atoms with Gasteiger partial charge in [-0.2, -0.15) is 5.10 Å². The number of aromatic carboxylic acids is 1. The minimum Gasteiger partial charge on any atom is -0.476 e. The summed E-state index contributed by atoms with van der Waals surface area (Å²) in [7, 11) is 1.59. The average molecular weight is 252 g/mol. The largest absolute Gasteiger partial charge is 0.476 e. The SMILES string of the molecule is Cn1nc(C(=O)O)c(-c2ccc(N)cc2)c1Cl. The molecule has 0 aliphatic carbocycles. The van der Waals surface area contributed by atoms with Crippen LogP contribution in [0.15, 0.2) is 24.3 Å². The summed E-state index contributed by atoms with van der Waals surface area (Å²) in [6.45, 7) is 0. The molecule has 2 aromatic rings. The lowest BCUT2D eigenvalue weighted by Crippen LogP contribution is -2.00. The zero-order valence-corrected chi connectivity index (χ0v) is 9.77. The molecule has 0 bridgehead atoms. The standard InChI is InChI=1S/C11H10ClN3O2/c1-15-10(12)8(9(14-15)11(16)17)6-2-4-7(13)5-3-6/h2-5H,13H2,1H3,(H,16,17). The number of carboxylic acid groups (broad SMARTS) is 1. The highest BCUT2D eigenvalue weighted by Gasteiger charge is 2.21. The number of nitrogen functional groups attached to an aromatic ring is 1. The maximum absolute atomic E-state index is 11.1. The van der Waals surface area contributed by atoms with Gasteiger partial charge in [0.15, 0.2) is 5.69 Å². The van der Waals surface area contributed by atoms with Crippen LogP contribution in [0.3, 0.4) is 0 Å². The Bertz CT molecular complexity index is 575. The van der Waals surface area contributed by atoms with Crippen LogP contribution in [0.2, 0.25) is 5.15 Å². The Morgan fingerprint density at radius 2 is 2.00 bits per heavy atom. The van der Waals surface area contributed by atoms with Crippen LogP contribution in [0.5, 0.6) is 0 Å². The van der Waals surface area contributed by atoms with Gasteiger partial charge in [-0.15, -0.1) is 0 Å². The lowest BCUT2D eigenvalue weighted by molar-refractivity contribution is 0.0690. The molecule has 1 heterocycles. The van der Waals surface area contributed by atoms with Crippen LogP contribution in [0.1, 0.15) is 10.5 Å². The number of halogens is 1. The van der Waals surface area contributed by atoms with E-state index in [2.05, 4.69) is 5.10 Å². The monoisotopic (exact) mass is 251 g/mol. The molecule has 1 aromatic carbocycles. The highest BCUT2D eigenvalue weighted by Crippen LogP contribution is 2.31. The van der Waals surface area contributed by atoms with Gasteiger partial charge in [-0.3, -0.25) is 4.68 Å². The summed E-state index contributed by atoms with van der Waals surface area (Å²) in [6, 6.07) is 6.80. The number of nitrogens with two attached hydrogens (primary N) is 1. The lowest BCUT2D eigenvalue weighted by atomic mass is 10.1.